The average molecular weight is 336 g/mol. The second-order valence-corrected chi connectivity index (χ2v) is 5.86. The minimum absolute atomic E-state index is 0.0255. The molecule has 1 aliphatic rings. The van der Waals surface area contributed by atoms with Gasteiger partial charge in [-0.15, -0.1) is 0 Å². The SMILES string of the molecule is CC(=O)N1CCc2cc(NC(=O)c3cc(-c4ccco4)[nH]n3)ccc21. The molecule has 7 nitrogen and oxygen atoms in total. The number of rotatable bonds is 3. The van der Waals surface area contributed by atoms with Crippen molar-refractivity contribution in [2.24, 2.45) is 0 Å². The maximum absolute atomic E-state index is 12.4. The van der Waals surface area contributed by atoms with E-state index >= 15 is 0 Å². The normalized spacial score (nSPS) is 12.9. The lowest BCUT2D eigenvalue weighted by Crippen LogP contribution is -2.25. The van der Waals surface area contributed by atoms with Crippen molar-refractivity contribution in [3.8, 4) is 11.5 Å². The number of H-pyrrole nitrogens is 1. The Morgan fingerprint density at radius 3 is 2.92 bits per heavy atom. The van der Waals surface area contributed by atoms with Crippen LogP contribution in [0.15, 0.2) is 47.1 Å². The zero-order valence-electron chi connectivity index (χ0n) is 13.6. The van der Waals surface area contributed by atoms with Gasteiger partial charge < -0.3 is 14.6 Å². The van der Waals surface area contributed by atoms with E-state index in [4.69, 9.17) is 4.42 Å². The minimum atomic E-state index is -0.310. The first-order valence-electron chi connectivity index (χ1n) is 7.93. The molecule has 25 heavy (non-hydrogen) atoms. The van der Waals surface area contributed by atoms with Crippen LogP contribution < -0.4 is 10.2 Å². The number of hydrogen-bond donors (Lipinski definition) is 2. The maximum Gasteiger partial charge on any atom is 0.276 e. The van der Waals surface area contributed by atoms with Crippen molar-refractivity contribution < 1.29 is 14.0 Å². The van der Waals surface area contributed by atoms with Crippen LogP contribution in [0.25, 0.3) is 11.5 Å². The average Bonchev–Trinajstić information content (AvgIpc) is 3.33. The van der Waals surface area contributed by atoms with Crippen molar-refractivity contribution in [2.45, 2.75) is 13.3 Å². The number of benzene rings is 1. The number of nitrogens with one attached hydrogen (secondary N) is 2. The van der Waals surface area contributed by atoms with Crippen molar-refractivity contribution in [3.05, 3.63) is 53.9 Å². The molecule has 126 valence electrons. The van der Waals surface area contributed by atoms with Crippen LogP contribution in [0.3, 0.4) is 0 Å². The van der Waals surface area contributed by atoms with Crippen LogP contribution in [0.1, 0.15) is 23.0 Å². The summed E-state index contributed by atoms with van der Waals surface area (Å²) < 4.78 is 5.28. The minimum Gasteiger partial charge on any atom is -0.463 e. The molecule has 3 heterocycles. The summed E-state index contributed by atoms with van der Waals surface area (Å²) in [6.07, 6.45) is 2.34. The monoisotopic (exact) mass is 336 g/mol. The molecular weight excluding hydrogens is 320 g/mol. The summed E-state index contributed by atoms with van der Waals surface area (Å²) in [5.41, 5.74) is 3.55. The first-order chi connectivity index (χ1) is 12.1. The Hall–Kier alpha value is -3.35. The van der Waals surface area contributed by atoms with E-state index in [1.54, 1.807) is 42.4 Å². The third kappa shape index (κ3) is 2.80. The molecule has 0 aliphatic carbocycles. The lowest BCUT2D eigenvalue weighted by atomic mass is 10.1. The molecular formula is C18H16N4O3. The molecule has 0 unspecified atom stereocenters. The van der Waals surface area contributed by atoms with E-state index < -0.39 is 0 Å². The molecule has 0 atom stereocenters. The Bertz CT molecular complexity index is 943. The summed E-state index contributed by atoms with van der Waals surface area (Å²) in [4.78, 5) is 25.7. The number of aromatic nitrogens is 2. The standard InChI is InChI=1S/C18H16N4O3/c1-11(23)22-7-6-12-9-13(4-5-16(12)22)19-18(24)15-10-14(20-21-15)17-3-2-8-25-17/h2-5,8-10H,6-7H2,1H3,(H,19,24)(H,20,21). The smallest absolute Gasteiger partial charge is 0.276 e. The van der Waals surface area contributed by atoms with E-state index in [0.29, 0.717) is 23.7 Å². The number of fused-ring (bicyclic) bond motifs is 1. The fourth-order valence-corrected chi connectivity index (χ4v) is 3.00. The van der Waals surface area contributed by atoms with Crippen LogP contribution in [0.2, 0.25) is 0 Å². The fraction of sp³-hybridized carbons (Fsp3) is 0.167. The largest absolute Gasteiger partial charge is 0.463 e. The predicted octanol–water partition coefficient (Wildman–Crippen LogP) is 2.83. The van der Waals surface area contributed by atoms with E-state index in [2.05, 4.69) is 15.5 Å². The van der Waals surface area contributed by atoms with Crippen LogP contribution >= 0.6 is 0 Å². The number of carbonyl (C=O) groups is 2. The number of furan rings is 1. The van der Waals surface area contributed by atoms with E-state index in [0.717, 1.165) is 17.7 Å². The van der Waals surface area contributed by atoms with Gasteiger partial charge in [-0.2, -0.15) is 5.10 Å². The molecule has 1 aliphatic heterocycles. The van der Waals surface area contributed by atoms with Crippen molar-refractivity contribution >= 4 is 23.2 Å². The lowest BCUT2D eigenvalue weighted by molar-refractivity contribution is -0.116. The molecule has 4 rings (SSSR count). The summed E-state index contributed by atoms with van der Waals surface area (Å²) in [6, 6.07) is 10.7. The molecule has 0 saturated carbocycles. The van der Waals surface area contributed by atoms with Crippen LogP contribution in [0.5, 0.6) is 0 Å². The molecule has 0 fully saturated rings. The predicted molar refractivity (Wildman–Crippen MR) is 92.4 cm³/mol. The summed E-state index contributed by atoms with van der Waals surface area (Å²) in [5.74, 6) is 0.335. The number of hydrogen-bond acceptors (Lipinski definition) is 4. The first-order valence-corrected chi connectivity index (χ1v) is 7.93. The zero-order chi connectivity index (χ0) is 17.4. The summed E-state index contributed by atoms with van der Waals surface area (Å²) >= 11 is 0. The van der Waals surface area contributed by atoms with Crippen molar-refractivity contribution in [1.82, 2.24) is 10.2 Å². The van der Waals surface area contributed by atoms with E-state index in [1.807, 2.05) is 12.1 Å². The lowest BCUT2D eigenvalue weighted by Gasteiger charge is -2.14. The van der Waals surface area contributed by atoms with Gasteiger partial charge in [-0.3, -0.25) is 14.7 Å². The summed E-state index contributed by atoms with van der Waals surface area (Å²) in [5, 5.41) is 9.65. The van der Waals surface area contributed by atoms with Crippen LogP contribution in [-0.2, 0) is 11.2 Å². The third-order valence-corrected chi connectivity index (χ3v) is 4.21. The number of carbonyl (C=O) groups excluding carboxylic acids is 2. The van der Waals surface area contributed by atoms with E-state index in [-0.39, 0.29) is 17.5 Å². The van der Waals surface area contributed by atoms with Crippen molar-refractivity contribution in [2.75, 3.05) is 16.8 Å². The van der Waals surface area contributed by atoms with Gasteiger partial charge in [0.25, 0.3) is 5.91 Å². The van der Waals surface area contributed by atoms with Gasteiger partial charge in [0.2, 0.25) is 5.91 Å². The van der Waals surface area contributed by atoms with Crippen molar-refractivity contribution in [1.29, 1.82) is 0 Å². The highest BCUT2D eigenvalue weighted by Gasteiger charge is 2.22. The summed E-state index contributed by atoms with van der Waals surface area (Å²) in [7, 11) is 0. The van der Waals surface area contributed by atoms with Gasteiger partial charge in [-0.25, -0.2) is 0 Å². The van der Waals surface area contributed by atoms with Crippen LogP contribution in [0, 0.1) is 0 Å². The van der Waals surface area contributed by atoms with Crippen LogP contribution in [-0.4, -0.2) is 28.6 Å². The molecule has 0 bridgehead atoms. The number of nitrogens with zero attached hydrogens (tertiary/aromatic N) is 2. The topological polar surface area (TPSA) is 91.2 Å². The maximum atomic E-state index is 12.4. The molecule has 0 saturated heterocycles. The molecule has 1 aromatic carbocycles. The Balaban J connectivity index is 1.51. The van der Waals surface area contributed by atoms with Gasteiger partial charge in [0.05, 0.1) is 6.26 Å². The van der Waals surface area contributed by atoms with Gasteiger partial charge in [0.1, 0.15) is 5.69 Å². The zero-order valence-corrected chi connectivity index (χ0v) is 13.6. The Morgan fingerprint density at radius 2 is 2.16 bits per heavy atom. The Labute approximate surface area is 143 Å². The highest BCUT2D eigenvalue weighted by Crippen LogP contribution is 2.30. The molecule has 3 aromatic rings. The molecule has 2 N–H and O–H groups in total. The number of amides is 2. The second kappa shape index (κ2) is 5.94. The third-order valence-electron chi connectivity index (χ3n) is 4.21. The quantitative estimate of drug-likeness (QED) is 0.769. The fourth-order valence-electron chi connectivity index (χ4n) is 3.00. The van der Waals surface area contributed by atoms with E-state index in [1.165, 1.54) is 0 Å². The van der Waals surface area contributed by atoms with Gasteiger partial charge in [0.15, 0.2) is 11.5 Å². The Morgan fingerprint density at radius 1 is 1.28 bits per heavy atom. The second-order valence-electron chi connectivity index (χ2n) is 5.86. The first kappa shape index (κ1) is 15.2. The Kier molecular flexibility index (Phi) is 3.61. The molecule has 0 radical (unpaired) electrons. The van der Waals surface area contributed by atoms with Crippen LogP contribution in [0.4, 0.5) is 11.4 Å². The van der Waals surface area contributed by atoms with E-state index in [9.17, 15) is 9.59 Å². The summed E-state index contributed by atoms with van der Waals surface area (Å²) in [6.45, 7) is 2.23. The number of anilines is 2. The van der Waals surface area contributed by atoms with Gasteiger partial charge in [-0.1, -0.05) is 0 Å². The molecule has 2 aromatic heterocycles. The highest BCUT2D eigenvalue weighted by atomic mass is 16.3. The number of aromatic amines is 1. The van der Waals surface area contributed by atoms with Gasteiger partial charge >= 0.3 is 0 Å². The van der Waals surface area contributed by atoms with Gasteiger partial charge in [0, 0.05) is 30.9 Å². The molecule has 0 spiro atoms. The van der Waals surface area contributed by atoms with Crippen molar-refractivity contribution in [3.63, 3.8) is 0 Å². The molecule has 2 amide bonds. The molecule has 7 heteroatoms. The van der Waals surface area contributed by atoms with Gasteiger partial charge in [-0.05, 0) is 42.3 Å². The highest BCUT2D eigenvalue weighted by molar-refractivity contribution is 6.04.